The van der Waals surface area contributed by atoms with E-state index in [-0.39, 0.29) is 5.91 Å². The van der Waals surface area contributed by atoms with Crippen molar-refractivity contribution in [1.82, 2.24) is 5.01 Å². The summed E-state index contributed by atoms with van der Waals surface area (Å²) in [6.07, 6.45) is 5.40. The first-order valence-corrected chi connectivity index (χ1v) is 6.46. The molecular formula is C14H21N3O. The average Bonchev–Trinajstić information content (AvgIpc) is 2.37. The van der Waals surface area contributed by atoms with Gasteiger partial charge >= 0.3 is 0 Å². The summed E-state index contributed by atoms with van der Waals surface area (Å²) in [5, 5.41) is 1.06. The molecule has 1 unspecified atom stereocenters. The fraction of sp³-hybridized carbons (Fsp3) is 0.500. The lowest BCUT2D eigenvalue weighted by Gasteiger charge is -2.19. The summed E-state index contributed by atoms with van der Waals surface area (Å²) in [5.41, 5.74) is 9.84. The third-order valence-corrected chi connectivity index (χ3v) is 3.53. The molecule has 0 radical (unpaired) electrons. The van der Waals surface area contributed by atoms with Crippen molar-refractivity contribution in [2.75, 3.05) is 7.05 Å². The van der Waals surface area contributed by atoms with Crippen molar-refractivity contribution in [3.05, 3.63) is 34.9 Å². The maximum absolute atomic E-state index is 11.6. The van der Waals surface area contributed by atoms with E-state index in [1.54, 1.807) is 0 Å². The van der Waals surface area contributed by atoms with Crippen LogP contribution in [-0.2, 0) is 24.1 Å². The van der Waals surface area contributed by atoms with Crippen molar-refractivity contribution in [3.8, 4) is 0 Å². The van der Waals surface area contributed by atoms with Gasteiger partial charge < -0.3 is 5.73 Å². The SMILES string of the molecule is CN(N)C(=O)C(N)Cc1ccc2c(c1)CCCC2. The highest BCUT2D eigenvalue weighted by Crippen LogP contribution is 2.22. The molecule has 18 heavy (non-hydrogen) atoms. The van der Waals surface area contributed by atoms with Gasteiger partial charge in [-0.25, -0.2) is 5.84 Å². The van der Waals surface area contributed by atoms with Gasteiger partial charge in [0.1, 0.15) is 0 Å². The smallest absolute Gasteiger partial charge is 0.253 e. The summed E-state index contributed by atoms with van der Waals surface area (Å²) in [5.74, 6) is 5.18. The second kappa shape index (κ2) is 5.50. The maximum atomic E-state index is 11.6. The molecule has 1 atom stereocenters. The van der Waals surface area contributed by atoms with Crippen molar-refractivity contribution in [2.45, 2.75) is 38.1 Å². The second-order valence-corrected chi connectivity index (χ2v) is 5.07. The van der Waals surface area contributed by atoms with Crippen LogP contribution < -0.4 is 11.6 Å². The molecule has 0 bridgehead atoms. The largest absolute Gasteiger partial charge is 0.320 e. The molecule has 1 aliphatic rings. The van der Waals surface area contributed by atoms with Crippen LogP contribution in [0.15, 0.2) is 18.2 Å². The zero-order valence-electron chi connectivity index (χ0n) is 10.9. The van der Waals surface area contributed by atoms with Crippen LogP contribution in [0.25, 0.3) is 0 Å². The van der Waals surface area contributed by atoms with Crippen LogP contribution in [0.1, 0.15) is 29.5 Å². The molecule has 4 N–H and O–H groups in total. The van der Waals surface area contributed by atoms with Gasteiger partial charge in [-0.2, -0.15) is 0 Å². The van der Waals surface area contributed by atoms with Gasteiger partial charge in [0.2, 0.25) is 0 Å². The molecule has 0 fully saturated rings. The lowest BCUT2D eigenvalue weighted by molar-refractivity contribution is -0.131. The number of fused-ring (bicyclic) bond motifs is 1. The topological polar surface area (TPSA) is 72.3 Å². The van der Waals surface area contributed by atoms with Gasteiger partial charge in [-0.3, -0.25) is 9.80 Å². The lowest BCUT2D eigenvalue weighted by atomic mass is 9.89. The first kappa shape index (κ1) is 13.1. The molecule has 0 saturated heterocycles. The van der Waals surface area contributed by atoms with Gasteiger partial charge in [0, 0.05) is 7.05 Å². The Hall–Kier alpha value is -1.39. The Kier molecular flexibility index (Phi) is 3.99. The van der Waals surface area contributed by atoms with Gasteiger partial charge in [-0.1, -0.05) is 18.2 Å². The highest BCUT2D eigenvalue weighted by atomic mass is 16.2. The number of nitrogens with zero attached hydrogens (tertiary/aromatic N) is 1. The van der Waals surface area contributed by atoms with Crippen LogP contribution in [0.2, 0.25) is 0 Å². The van der Waals surface area contributed by atoms with Crippen molar-refractivity contribution < 1.29 is 4.79 Å². The van der Waals surface area contributed by atoms with Crippen molar-refractivity contribution in [3.63, 3.8) is 0 Å². The summed E-state index contributed by atoms with van der Waals surface area (Å²) in [7, 11) is 1.52. The van der Waals surface area contributed by atoms with Crippen LogP contribution in [0.3, 0.4) is 0 Å². The first-order valence-electron chi connectivity index (χ1n) is 6.46. The molecule has 4 heteroatoms. The normalized spacial score (nSPS) is 15.9. The Bertz CT molecular complexity index is 443. The molecule has 0 saturated carbocycles. The summed E-state index contributed by atoms with van der Waals surface area (Å²) >= 11 is 0. The van der Waals surface area contributed by atoms with Gasteiger partial charge in [0.15, 0.2) is 0 Å². The number of amides is 1. The molecule has 0 aliphatic heterocycles. The number of likely N-dealkylation sites (N-methyl/N-ethyl adjacent to an activating group) is 1. The van der Waals surface area contributed by atoms with Crippen LogP contribution in [-0.4, -0.2) is 24.0 Å². The number of hydrogen-bond donors (Lipinski definition) is 2. The zero-order valence-corrected chi connectivity index (χ0v) is 10.9. The van der Waals surface area contributed by atoms with E-state index in [9.17, 15) is 4.79 Å². The van der Waals surface area contributed by atoms with Gasteiger partial charge in [0.05, 0.1) is 6.04 Å². The zero-order chi connectivity index (χ0) is 13.1. The van der Waals surface area contributed by atoms with Crippen molar-refractivity contribution in [2.24, 2.45) is 11.6 Å². The van der Waals surface area contributed by atoms with E-state index in [0.717, 1.165) is 17.0 Å². The lowest BCUT2D eigenvalue weighted by Crippen LogP contribution is -2.46. The molecule has 1 amide bonds. The minimum absolute atomic E-state index is 0.229. The summed E-state index contributed by atoms with van der Waals surface area (Å²) < 4.78 is 0. The molecule has 0 heterocycles. The number of nitrogens with two attached hydrogens (primary N) is 2. The molecule has 1 aliphatic carbocycles. The Labute approximate surface area is 108 Å². The number of carbonyl (C=O) groups excluding carboxylic acids is 1. The van der Waals surface area contributed by atoms with Crippen LogP contribution in [0, 0.1) is 0 Å². The summed E-state index contributed by atoms with van der Waals surface area (Å²) in [6, 6.07) is 5.89. The molecule has 0 spiro atoms. The first-order chi connectivity index (χ1) is 8.58. The summed E-state index contributed by atoms with van der Waals surface area (Å²) in [6.45, 7) is 0. The maximum Gasteiger partial charge on any atom is 0.253 e. The van der Waals surface area contributed by atoms with Crippen LogP contribution >= 0.6 is 0 Å². The molecule has 0 aromatic heterocycles. The standard InChI is InChI=1S/C14H21N3O/c1-17(16)14(18)13(15)9-10-6-7-11-4-2-3-5-12(11)8-10/h6-8,13H,2-5,9,15-16H2,1H3. The van der Waals surface area contributed by atoms with Gasteiger partial charge in [-0.05, 0) is 48.8 Å². The van der Waals surface area contributed by atoms with Crippen LogP contribution in [0.4, 0.5) is 0 Å². The summed E-state index contributed by atoms with van der Waals surface area (Å²) in [4.78, 5) is 11.6. The second-order valence-electron chi connectivity index (χ2n) is 5.07. The van der Waals surface area contributed by atoms with Gasteiger partial charge in [0.25, 0.3) is 5.91 Å². The Morgan fingerprint density at radius 3 is 2.67 bits per heavy atom. The quantitative estimate of drug-likeness (QED) is 0.471. The highest BCUT2D eigenvalue weighted by molar-refractivity contribution is 5.81. The predicted molar refractivity (Wildman–Crippen MR) is 71.7 cm³/mol. The third-order valence-electron chi connectivity index (χ3n) is 3.53. The minimum Gasteiger partial charge on any atom is -0.320 e. The number of carbonyl (C=O) groups is 1. The number of rotatable bonds is 3. The molecule has 2 rings (SSSR count). The number of benzene rings is 1. The van der Waals surface area contributed by atoms with E-state index >= 15 is 0 Å². The Morgan fingerprint density at radius 2 is 2.00 bits per heavy atom. The van der Waals surface area contributed by atoms with E-state index in [0.29, 0.717) is 6.42 Å². The monoisotopic (exact) mass is 247 g/mol. The highest BCUT2D eigenvalue weighted by Gasteiger charge is 2.17. The fourth-order valence-electron chi connectivity index (χ4n) is 2.52. The molecule has 1 aromatic carbocycles. The number of hydrazine groups is 1. The minimum atomic E-state index is -0.554. The van der Waals surface area contributed by atoms with E-state index < -0.39 is 6.04 Å². The molecular weight excluding hydrogens is 226 g/mol. The third kappa shape index (κ3) is 2.89. The Balaban J connectivity index is 2.08. The molecule has 98 valence electrons. The van der Waals surface area contributed by atoms with E-state index in [2.05, 4.69) is 18.2 Å². The molecule has 1 aromatic rings. The average molecular weight is 247 g/mol. The van der Waals surface area contributed by atoms with Crippen molar-refractivity contribution >= 4 is 5.91 Å². The van der Waals surface area contributed by atoms with E-state index in [1.165, 1.54) is 37.4 Å². The Morgan fingerprint density at radius 1 is 1.33 bits per heavy atom. The number of aryl methyl sites for hydroxylation is 2. The number of hydrogen-bond acceptors (Lipinski definition) is 3. The van der Waals surface area contributed by atoms with Crippen molar-refractivity contribution in [1.29, 1.82) is 0 Å². The van der Waals surface area contributed by atoms with E-state index in [1.807, 2.05) is 0 Å². The van der Waals surface area contributed by atoms with Gasteiger partial charge in [-0.15, -0.1) is 0 Å². The predicted octanol–water partition coefficient (Wildman–Crippen LogP) is 0.767. The fourth-order valence-corrected chi connectivity index (χ4v) is 2.52. The molecule has 4 nitrogen and oxygen atoms in total. The van der Waals surface area contributed by atoms with E-state index in [4.69, 9.17) is 11.6 Å². The van der Waals surface area contributed by atoms with Crippen LogP contribution in [0.5, 0.6) is 0 Å².